The highest BCUT2D eigenvalue weighted by Gasteiger charge is 2.40. The summed E-state index contributed by atoms with van der Waals surface area (Å²) in [5, 5.41) is 0. The van der Waals surface area contributed by atoms with Crippen molar-refractivity contribution in [1.29, 1.82) is 0 Å². The summed E-state index contributed by atoms with van der Waals surface area (Å²) >= 11 is 0. The second-order valence-corrected chi connectivity index (χ2v) is 7.49. The van der Waals surface area contributed by atoms with Crippen LogP contribution in [0.3, 0.4) is 0 Å². The molecule has 3 nitrogen and oxygen atoms in total. The van der Waals surface area contributed by atoms with Gasteiger partial charge in [0.2, 0.25) is 0 Å². The Labute approximate surface area is 117 Å². The van der Waals surface area contributed by atoms with Crippen LogP contribution in [0.5, 0.6) is 0 Å². The number of fused-ring (bicyclic) bond motifs is 2. The van der Waals surface area contributed by atoms with Crippen LogP contribution < -0.4 is 5.73 Å². The second-order valence-electron chi connectivity index (χ2n) is 7.49. The maximum atomic E-state index is 6.05. The van der Waals surface area contributed by atoms with Gasteiger partial charge < -0.3 is 15.4 Å². The zero-order chi connectivity index (χ0) is 13.3. The maximum Gasteiger partial charge on any atom is 0.0546 e. The van der Waals surface area contributed by atoms with Crippen LogP contribution in [-0.4, -0.2) is 44.8 Å². The molecule has 3 aliphatic rings. The Balaban J connectivity index is 1.51. The molecule has 0 amide bonds. The van der Waals surface area contributed by atoms with E-state index in [0.717, 1.165) is 44.1 Å². The highest BCUT2D eigenvalue weighted by molar-refractivity contribution is 4.92. The smallest absolute Gasteiger partial charge is 0.0546 e. The molecule has 19 heavy (non-hydrogen) atoms. The van der Waals surface area contributed by atoms with E-state index >= 15 is 0 Å². The molecule has 110 valence electrons. The van der Waals surface area contributed by atoms with Gasteiger partial charge in [0.05, 0.1) is 6.61 Å². The zero-order valence-electron chi connectivity index (χ0n) is 12.4. The minimum Gasteiger partial charge on any atom is -0.381 e. The minimum atomic E-state index is 0.227. The topological polar surface area (TPSA) is 38.5 Å². The van der Waals surface area contributed by atoms with Crippen LogP contribution in [0.25, 0.3) is 0 Å². The normalized spacial score (nSPS) is 42.2. The first-order valence-corrected chi connectivity index (χ1v) is 8.17. The van der Waals surface area contributed by atoms with Crippen molar-refractivity contribution in [3.8, 4) is 0 Å². The molecule has 2 N–H and O–H groups in total. The van der Waals surface area contributed by atoms with Crippen molar-refractivity contribution in [2.24, 2.45) is 28.9 Å². The van der Waals surface area contributed by atoms with Crippen molar-refractivity contribution < 1.29 is 4.74 Å². The SMILES string of the molecule is CN(CC1CC2CCC1C2)CC1(CN)CCCOC1. The van der Waals surface area contributed by atoms with Gasteiger partial charge in [0.25, 0.3) is 0 Å². The van der Waals surface area contributed by atoms with E-state index in [2.05, 4.69) is 11.9 Å². The molecule has 0 aromatic heterocycles. The van der Waals surface area contributed by atoms with Gasteiger partial charge in [-0.25, -0.2) is 0 Å². The predicted molar refractivity (Wildman–Crippen MR) is 78.0 cm³/mol. The number of ether oxygens (including phenoxy) is 1. The predicted octanol–water partition coefficient (Wildman–Crippen LogP) is 2.11. The van der Waals surface area contributed by atoms with Crippen LogP contribution in [0.1, 0.15) is 38.5 Å². The van der Waals surface area contributed by atoms with Crippen LogP contribution >= 0.6 is 0 Å². The number of rotatable bonds is 5. The van der Waals surface area contributed by atoms with Gasteiger partial charge in [0.1, 0.15) is 0 Å². The van der Waals surface area contributed by atoms with Gasteiger partial charge in [0.15, 0.2) is 0 Å². The summed E-state index contributed by atoms with van der Waals surface area (Å²) in [5.74, 6) is 3.05. The lowest BCUT2D eigenvalue weighted by Gasteiger charge is -2.40. The zero-order valence-corrected chi connectivity index (χ0v) is 12.4. The number of hydrogen-bond donors (Lipinski definition) is 1. The molecule has 1 heterocycles. The molecule has 4 atom stereocenters. The van der Waals surface area contributed by atoms with Gasteiger partial charge in [-0.1, -0.05) is 6.42 Å². The molecule has 3 heteroatoms. The van der Waals surface area contributed by atoms with E-state index in [4.69, 9.17) is 10.5 Å². The highest BCUT2D eigenvalue weighted by Crippen LogP contribution is 2.48. The first-order valence-electron chi connectivity index (χ1n) is 8.17. The quantitative estimate of drug-likeness (QED) is 0.828. The average molecular weight is 266 g/mol. The molecule has 2 saturated carbocycles. The maximum absolute atomic E-state index is 6.05. The molecule has 0 aromatic carbocycles. The Morgan fingerprint density at radius 1 is 1.32 bits per heavy atom. The Bertz CT molecular complexity index is 301. The summed E-state index contributed by atoms with van der Waals surface area (Å²) in [4.78, 5) is 2.55. The Morgan fingerprint density at radius 3 is 2.79 bits per heavy atom. The first kappa shape index (κ1) is 13.8. The van der Waals surface area contributed by atoms with Crippen molar-refractivity contribution in [2.75, 3.05) is 39.9 Å². The number of nitrogens with zero attached hydrogens (tertiary/aromatic N) is 1. The fourth-order valence-corrected chi connectivity index (χ4v) is 4.90. The van der Waals surface area contributed by atoms with Crippen LogP contribution in [0, 0.1) is 23.2 Å². The van der Waals surface area contributed by atoms with E-state index in [9.17, 15) is 0 Å². The molecule has 0 radical (unpaired) electrons. The van der Waals surface area contributed by atoms with Gasteiger partial charge >= 0.3 is 0 Å². The third-order valence-corrected chi connectivity index (χ3v) is 5.87. The Hall–Kier alpha value is -0.120. The molecule has 1 aliphatic heterocycles. The minimum absolute atomic E-state index is 0.227. The van der Waals surface area contributed by atoms with Crippen LogP contribution in [0.4, 0.5) is 0 Å². The molecule has 3 fully saturated rings. The van der Waals surface area contributed by atoms with E-state index in [1.807, 2.05) is 0 Å². The lowest BCUT2D eigenvalue weighted by molar-refractivity contribution is -0.0208. The summed E-state index contributed by atoms with van der Waals surface area (Å²) in [5.41, 5.74) is 6.28. The van der Waals surface area contributed by atoms with Gasteiger partial charge in [-0.05, 0) is 56.9 Å². The number of hydrogen-bond acceptors (Lipinski definition) is 3. The molecule has 1 saturated heterocycles. The molecular weight excluding hydrogens is 236 g/mol. The van der Waals surface area contributed by atoms with E-state index < -0.39 is 0 Å². The second kappa shape index (κ2) is 5.71. The molecule has 2 bridgehead atoms. The average Bonchev–Trinajstić information content (AvgIpc) is 3.02. The van der Waals surface area contributed by atoms with Gasteiger partial charge in [-0.2, -0.15) is 0 Å². The van der Waals surface area contributed by atoms with Crippen LogP contribution in [-0.2, 0) is 4.74 Å². The number of nitrogens with two attached hydrogens (primary N) is 1. The molecule has 0 aromatic rings. The van der Waals surface area contributed by atoms with Gasteiger partial charge in [0, 0.05) is 31.7 Å². The largest absolute Gasteiger partial charge is 0.381 e. The van der Waals surface area contributed by atoms with Crippen LogP contribution in [0.15, 0.2) is 0 Å². The summed E-state index contributed by atoms with van der Waals surface area (Å²) in [6.45, 7) is 4.97. The van der Waals surface area contributed by atoms with E-state index in [1.165, 1.54) is 45.1 Å². The molecule has 3 rings (SSSR count). The fraction of sp³-hybridized carbons (Fsp3) is 1.00. The Morgan fingerprint density at radius 2 is 2.21 bits per heavy atom. The molecular formula is C16H30N2O. The summed E-state index contributed by atoms with van der Waals surface area (Å²) in [6, 6.07) is 0. The van der Waals surface area contributed by atoms with Crippen molar-refractivity contribution in [1.82, 2.24) is 4.90 Å². The van der Waals surface area contributed by atoms with Crippen molar-refractivity contribution in [2.45, 2.75) is 38.5 Å². The summed E-state index contributed by atoms with van der Waals surface area (Å²) in [7, 11) is 2.29. The highest BCUT2D eigenvalue weighted by atomic mass is 16.5. The van der Waals surface area contributed by atoms with Crippen molar-refractivity contribution in [3.63, 3.8) is 0 Å². The summed E-state index contributed by atoms with van der Waals surface area (Å²) in [6.07, 6.45) is 8.42. The molecule has 0 spiro atoms. The Kier molecular flexibility index (Phi) is 4.16. The monoisotopic (exact) mass is 266 g/mol. The van der Waals surface area contributed by atoms with Crippen molar-refractivity contribution in [3.05, 3.63) is 0 Å². The standard InChI is InChI=1S/C16H30N2O/c1-18(9-15-8-13-3-4-14(15)7-13)11-16(10-17)5-2-6-19-12-16/h13-15H,2-12,17H2,1H3. The van der Waals surface area contributed by atoms with E-state index in [0.29, 0.717) is 0 Å². The van der Waals surface area contributed by atoms with E-state index in [1.54, 1.807) is 0 Å². The molecule has 2 aliphatic carbocycles. The summed E-state index contributed by atoms with van der Waals surface area (Å²) < 4.78 is 5.69. The lowest BCUT2D eigenvalue weighted by Crippen LogP contribution is -2.47. The van der Waals surface area contributed by atoms with Crippen molar-refractivity contribution >= 4 is 0 Å². The fourth-order valence-electron chi connectivity index (χ4n) is 4.90. The lowest BCUT2D eigenvalue weighted by atomic mass is 9.81. The van der Waals surface area contributed by atoms with Gasteiger partial charge in [-0.3, -0.25) is 0 Å². The third kappa shape index (κ3) is 2.98. The van der Waals surface area contributed by atoms with Gasteiger partial charge in [-0.15, -0.1) is 0 Å². The van der Waals surface area contributed by atoms with Crippen LogP contribution in [0.2, 0.25) is 0 Å². The molecule has 4 unspecified atom stereocenters. The first-order chi connectivity index (χ1) is 9.21. The van der Waals surface area contributed by atoms with E-state index in [-0.39, 0.29) is 5.41 Å². The third-order valence-electron chi connectivity index (χ3n) is 5.87.